The second-order valence-electron chi connectivity index (χ2n) is 7.08. The van der Waals surface area contributed by atoms with Gasteiger partial charge in [-0.15, -0.1) is 0 Å². The number of aromatic amines is 1. The third kappa shape index (κ3) is 3.58. The number of hydrogen-bond donors (Lipinski definition) is 1. The van der Waals surface area contributed by atoms with Gasteiger partial charge in [0.1, 0.15) is 0 Å². The molecule has 27 heavy (non-hydrogen) atoms. The van der Waals surface area contributed by atoms with Crippen LogP contribution in [0.2, 0.25) is 0 Å². The smallest absolute Gasteiger partial charge is 0.256 e. The molecular weight excluding hydrogens is 338 g/mol. The molecule has 0 aliphatic carbocycles. The van der Waals surface area contributed by atoms with E-state index in [1.807, 2.05) is 65.3 Å². The largest absolute Gasteiger partial charge is 0.360 e. The van der Waals surface area contributed by atoms with Crippen LogP contribution in [0.15, 0.2) is 54.7 Å². The Bertz CT molecular complexity index is 967. The summed E-state index contributed by atoms with van der Waals surface area (Å²) in [5.41, 5.74) is 3.89. The van der Waals surface area contributed by atoms with Gasteiger partial charge in [-0.3, -0.25) is 9.59 Å². The fourth-order valence-electron chi connectivity index (χ4n) is 3.57. The van der Waals surface area contributed by atoms with Gasteiger partial charge in [-0.25, -0.2) is 0 Å². The number of nitrogens with one attached hydrogen (secondary N) is 1. The molecule has 1 N–H and O–H groups in total. The summed E-state index contributed by atoms with van der Waals surface area (Å²) in [6, 6.07) is 15.9. The van der Waals surface area contributed by atoms with E-state index in [1.165, 1.54) is 5.56 Å². The Hall–Kier alpha value is -3.08. The maximum Gasteiger partial charge on any atom is 0.256 e. The number of para-hydroxylation sites is 1. The van der Waals surface area contributed by atoms with E-state index in [4.69, 9.17) is 0 Å². The van der Waals surface area contributed by atoms with Crippen LogP contribution in [0.25, 0.3) is 10.9 Å². The fraction of sp³-hybridized carbons (Fsp3) is 0.273. The van der Waals surface area contributed by atoms with Crippen molar-refractivity contribution >= 4 is 22.7 Å². The lowest BCUT2D eigenvalue weighted by atomic mass is 10.1. The molecule has 5 heteroatoms. The molecule has 1 aliphatic heterocycles. The predicted molar refractivity (Wildman–Crippen MR) is 106 cm³/mol. The third-order valence-corrected chi connectivity index (χ3v) is 5.22. The van der Waals surface area contributed by atoms with Crippen molar-refractivity contribution in [3.05, 3.63) is 71.4 Å². The van der Waals surface area contributed by atoms with Crippen LogP contribution in [-0.4, -0.2) is 52.8 Å². The molecule has 2 amide bonds. The number of aryl methyl sites for hydroxylation is 1. The summed E-state index contributed by atoms with van der Waals surface area (Å²) in [5.74, 6) is 0.149. The maximum absolute atomic E-state index is 12.9. The van der Waals surface area contributed by atoms with E-state index in [2.05, 4.69) is 4.98 Å². The number of fused-ring (bicyclic) bond motifs is 1. The van der Waals surface area contributed by atoms with Crippen molar-refractivity contribution in [3.8, 4) is 0 Å². The number of carbonyl (C=O) groups excluding carboxylic acids is 2. The topological polar surface area (TPSA) is 56.4 Å². The van der Waals surface area contributed by atoms with Crippen LogP contribution < -0.4 is 0 Å². The summed E-state index contributed by atoms with van der Waals surface area (Å²) in [6.45, 7) is 4.34. The van der Waals surface area contributed by atoms with Gasteiger partial charge in [0.05, 0.1) is 12.0 Å². The van der Waals surface area contributed by atoms with Gasteiger partial charge in [0.25, 0.3) is 5.91 Å². The molecular formula is C22H23N3O2. The number of aromatic nitrogens is 1. The molecule has 1 fully saturated rings. The molecule has 1 aliphatic rings. The van der Waals surface area contributed by atoms with Gasteiger partial charge in [0.2, 0.25) is 5.91 Å². The SMILES string of the molecule is Cc1ccc(CC(=O)N2CCN(C(=O)c3c[nH]c4ccccc34)CC2)cc1. The number of amides is 2. The van der Waals surface area contributed by atoms with Gasteiger partial charge in [0, 0.05) is 43.3 Å². The van der Waals surface area contributed by atoms with Gasteiger partial charge in [-0.05, 0) is 18.6 Å². The minimum absolute atomic E-state index is 0.0260. The molecule has 0 unspecified atom stereocenters. The molecule has 2 heterocycles. The first-order chi connectivity index (χ1) is 13.1. The summed E-state index contributed by atoms with van der Waals surface area (Å²) < 4.78 is 0. The summed E-state index contributed by atoms with van der Waals surface area (Å²) in [7, 11) is 0. The number of H-pyrrole nitrogens is 1. The van der Waals surface area contributed by atoms with E-state index in [0.29, 0.717) is 38.2 Å². The summed E-state index contributed by atoms with van der Waals surface area (Å²) >= 11 is 0. The molecule has 1 saturated heterocycles. The highest BCUT2D eigenvalue weighted by atomic mass is 16.2. The standard InChI is InChI=1S/C22H23N3O2/c1-16-6-8-17(9-7-16)14-21(26)24-10-12-25(13-11-24)22(27)19-15-23-20-5-3-2-4-18(19)20/h2-9,15,23H,10-14H2,1H3. The molecule has 4 rings (SSSR count). The Balaban J connectivity index is 1.37. The van der Waals surface area contributed by atoms with Crippen molar-refractivity contribution in [2.45, 2.75) is 13.3 Å². The average Bonchev–Trinajstić information content (AvgIpc) is 3.13. The van der Waals surface area contributed by atoms with E-state index in [9.17, 15) is 9.59 Å². The van der Waals surface area contributed by atoms with Crippen LogP contribution in [0.5, 0.6) is 0 Å². The monoisotopic (exact) mass is 361 g/mol. The quantitative estimate of drug-likeness (QED) is 0.780. The van der Waals surface area contributed by atoms with Crippen LogP contribution in [0.4, 0.5) is 0 Å². The highest BCUT2D eigenvalue weighted by Crippen LogP contribution is 2.20. The lowest BCUT2D eigenvalue weighted by Gasteiger charge is -2.34. The molecule has 1 aromatic heterocycles. The van der Waals surface area contributed by atoms with Gasteiger partial charge in [-0.2, -0.15) is 0 Å². The second kappa shape index (κ2) is 7.27. The normalized spacial score (nSPS) is 14.6. The Labute approximate surface area is 158 Å². The lowest BCUT2D eigenvalue weighted by molar-refractivity contribution is -0.131. The van der Waals surface area contributed by atoms with Gasteiger partial charge in [0.15, 0.2) is 0 Å². The van der Waals surface area contributed by atoms with Crippen LogP contribution in [0.3, 0.4) is 0 Å². The Morgan fingerprint density at radius 3 is 2.33 bits per heavy atom. The van der Waals surface area contributed by atoms with Crippen molar-refractivity contribution in [2.24, 2.45) is 0 Å². The highest BCUT2D eigenvalue weighted by molar-refractivity contribution is 6.06. The number of carbonyl (C=O) groups is 2. The molecule has 0 radical (unpaired) electrons. The second-order valence-corrected chi connectivity index (χ2v) is 7.08. The molecule has 138 valence electrons. The zero-order valence-corrected chi connectivity index (χ0v) is 15.4. The minimum atomic E-state index is 0.0260. The molecule has 5 nitrogen and oxygen atoms in total. The Morgan fingerprint density at radius 1 is 0.926 bits per heavy atom. The van der Waals surface area contributed by atoms with Gasteiger partial charge >= 0.3 is 0 Å². The molecule has 0 atom stereocenters. The van der Waals surface area contributed by atoms with Gasteiger partial charge < -0.3 is 14.8 Å². The van der Waals surface area contributed by atoms with Crippen molar-refractivity contribution < 1.29 is 9.59 Å². The van der Waals surface area contributed by atoms with Crippen molar-refractivity contribution in [1.82, 2.24) is 14.8 Å². The number of hydrogen-bond acceptors (Lipinski definition) is 2. The first kappa shape index (κ1) is 17.3. The van der Waals surface area contributed by atoms with E-state index in [1.54, 1.807) is 6.20 Å². The number of nitrogens with zero attached hydrogens (tertiary/aromatic N) is 2. The molecule has 0 bridgehead atoms. The van der Waals surface area contributed by atoms with Crippen LogP contribution in [0, 0.1) is 6.92 Å². The van der Waals surface area contributed by atoms with Gasteiger partial charge in [-0.1, -0.05) is 48.0 Å². The van der Waals surface area contributed by atoms with Crippen molar-refractivity contribution in [1.29, 1.82) is 0 Å². The molecule has 3 aromatic rings. The Morgan fingerprint density at radius 2 is 1.59 bits per heavy atom. The number of benzene rings is 2. The van der Waals surface area contributed by atoms with E-state index in [0.717, 1.165) is 16.5 Å². The highest BCUT2D eigenvalue weighted by Gasteiger charge is 2.26. The molecule has 2 aromatic carbocycles. The minimum Gasteiger partial charge on any atom is -0.360 e. The van der Waals surface area contributed by atoms with E-state index >= 15 is 0 Å². The van der Waals surface area contributed by atoms with Crippen LogP contribution in [0.1, 0.15) is 21.5 Å². The van der Waals surface area contributed by atoms with Crippen LogP contribution in [-0.2, 0) is 11.2 Å². The zero-order chi connectivity index (χ0) is 18.8. The number of piperazine rings is 1. The third-order valence-electron chi connectivity index (χ3n) is 5.22. The van der Waals surface area contributed by atoms with Crippen molar-refractivity contribution in [2.75, 3.05) is 26.2 Å². The van der Waals surface area contributed by atoms with Crippen molar-refractivity contribution in [3.63, 3.8) is 0 Å². The first-order valence-corrected chi connectivity index (χ1v) is 9.30. The maximum atomic E-state index is 12.9. The Kier molecular flexibility index (Phi) is 4.67. The molecule has 0 saturated carbocycles. The van der Waals surface area contributed by atoms with E-state index in [-0.39, 0.29) is 11.8 Å². The molecule has 0 spiro atoms. The zero-order valence-electron chi connectivity index (χ0n) is 15.4. The van der Waals surface area contributed by atoms with E-state index < -0.39 is 0 Å². The average molecular weight is 361 g/mol. The number of rotatable bonds is 3. The fourth-order valence-corrected chi connectivity index (χ4v) is 3.57. The summed E-state index contributed by atoms with van der Waals surface area (Å²) in [5, 5.41) is 0.945. The lowest BCUT2D eigenvalue weighted by Crippen LogP contribution is -2.51. The first-order valence-electron chi connectivity index (χ1n) is 9.30. The van der Waals surface area contributed by atoms with Crippen LogP contribution >= 0.6 is 0 Å². The predicted octanol–water partition coefficient (Wildman–Crippen LogP) is 3.00. The summed E-state index contributed by atoms with van der Waals surface area (Å²) in [4.78, 5) is 32.3. The summed E-state index contributed by atoms with van der Waals surface area (Å²) in [6.07, 6.45) is 2.19.